The third-order valence-corrected chi connectivity index (χ3v) is 3.55. The van der Waals surface area contributed by atoms with E-state index in [0.29, 0.717) is 16.9 Å². The Kier molecular flexibility index (Phi) is 4.37. The summed E-state index contributed by atoms with van der Waals surface area (Å²) in [5.41, 5.74) is 2.62. The molecule has 0 amide bonds. The zero-order valence-electron chi connectivity index (χ0n) is 13.4. The maximum Gasteiger partial charge on any atom is 0.358 e. The number of nitrogens with zero attached hydrogens (tertiary/aromatic N) is 3. The Bertz CT molecular complexity index is 875. The largest absolute Gasteiger partial charge is 0.461 e. The molecule has 122 valence electrons. The molecule has 2 heterocycles. The molecule has 24 heavy (non-hydrogen) atoms. The third-order valence-electron chi connectivity index (χ3n) is 3.55. The molecule has 0 aliphatic heterocycles. The summed E-state index contributed by atoms with van der Waals surface area (Å²) in [4.78, 5) is 16.1. The van der Waals surface area contributed by atoms with E-state index in [1.165, 1.54) is 10.7 Å². The summed E-state index contributed by atoms with van der Waals surface area (Å²) in [5.74, 6) is -0.855. The van der Waals surface area contributed by atoms with Gasteiger partial charge in [0.2, 0.25) is 0 Å². The van der Waals surface area contributed by atoms with Crippen LogP contribution in [0.1, 0.15) is 23.0 Å². The number of halogens is 1. The Morgan fingerprint density at radius 2 is 2.12 bits per heavy atom. The van der Waals surface area contributed by atoms with Crippen LogP contribution in [0.4, 0.5) is 4.39 Å². The van der Waals surface area contributed by atoms with Crippen molar-refractivity contribution < 1.29 is 13.9 Å². The maximum atomic E-state index is 13.9. The van der Waals surface area contributed by atoms with Crippen LogP contribution in [0, 0.1) is 12.7 Å². The lowest BCUT2D eigenvalue weighted by atomic mass is 10.1. The number of ether oxygens (including phenoxy) is 1. The summed E-state index contributed by atoms with van der Waals surface area (Å²) in [6, 6.07) is 10.1. The van der Waals surface area contributed by atoms with Crippen molar-refractivity contribution in [1.82, 2.24) is 14.8 Å². The number of carbonyl (C=O) groups is 1. The predicted molar refractivity (Wildman–Crippen MR) is 87.4 cm³/mol. The van der Waals surface area contributed by atoms with E-state index in [1.54, 1.807) is 50.5 Å². The van der Waals surface area contributed by atoms with E-state index < -0.39 is 5.97 Å². The van der Waals surface area contributed by atoms with Crippen molar-refractivity contribution in [2.45, 2.75) is 13.8 Å². The number of rotatable bonds is 4. The van der Waals surface area contributed by atoms with Crippen molar-refractivity contribution in [2.24, 2.45) is 0 Å². The van der Waals surface area contributed by atoms with Crippen molar-refractivity contribution >= 4 is 5.97 Å². The fourth-order valence-electron chi connectivity index (χ4n) is 2.32. The van der Waals surface area contributed by atoms with Gasteiger partial charge in [-0.25, -0.2) is 13.9 Å². The Morgan fingerprint density at radius 3 is 2.79 bits per heavy atom. The Balaban J connectivity index is 2.15. The SMILES string of the molecule is CCOC(=O)c1cc(-c2cccnc2)n(-c2ccc(C)c(F)c2)n1. The molecule has 0 saturated carbocycles. The van der Waals surface area contributed by atoms with E-state index >= 15 is 0 Å². The second kappa shape index (κ2) is 6.62. The van der Waals surface area contributed by atoms with Crippen LogP contribution in [-0.2, 0) is 4.74 Å². The minimum atomic E-state index is -0.519. The number of aryl methyl sites for hydroxylation is 1. The normalized spacial score (nSPS) is 10.6. The maximum absolute atomic E-state index is 13.9. The van der Waals surface area contributed by atoms with Crippen LogP contribution in [0.2, 0.25) is 0 Å². The topological polar surface area (TPSA) is 57.0 Å². The molecule has 1 aromatic carbocycles. The minimum Gasteiger partial charge on any atom is -0.461 e. The lowest BCUT2D eigenvalue weighted by Gasteiger charge is -2.08. The van der Waals surface area contributed by atoms with Gasteiger partial charge in [-0.3, -0.25) is 4.98 Å². The van der Waals surface area contributed by atoms with E-state index in [0.717, 1.165) is 5.56 Å². The highest BCUT2D eigenvalue weighted by Crippen LogP contribution is 2.24. The van der Waals surface area contributed by atoms with Gasteiger partial charge in [-0.15, -0.1) is 0 Å². The second-order valence-electron chi connectivity index (χ2n) is 5.22. The van der Waals surface area contributed by atoms with Crippen LogP contribution in [0.5, 0.6) is 0 Å². The summed E-state index contributed by atoms with van der Waals surface area (Å²) in [6.45, 7) is 3.67. The Morgan fingerprint density at radius 1 is 1.29 bits per heavy atom. The highest BCUT2D eigenvalue weighted by molar-refractivity contribution is 5.89. The average molecular weight is 325 g/mol. The fourth-order valence-corrected chi connectivity index (χ4v) is 2.32. The number of aromatic nitrogens is 3. The number of hydrogen-bond donors (Lipinski definition) is 0. The number of benzene rings is 1. The molecule has 0 atom stereocenters. The average Bonchev–Trinajstić information content (AvgIpc) is 3.04. The molecule has 0 unspecified atom stereocenters. The summed E-state index contributed by atoms with van der Waals surface area (Å²) >= 11 is 0. The van der Waals surface area contributed by atoms with Crippen molar-refractivity contribution in [3.05, 3.63) is 65.9 Å². The fraction of sp³-hybridized carbons (Fsp3) is 0.167. The molecule has 3 rings (SSSR count). The van der Waals surface area contributed by atoms with E-state index in [1.807, 2.05) is 6.07 Å². The zero-order valence-corrected chi connectivity index (χ0v) is 13.4. The molecule has 0 bridgehead atoms. The minimum absolute atomic E-state index is 0.164. The molecule has 0 N–H and O–H groups in total. The van der Waals surface area contributed by atoms with E-state index in [9.17, 15) is 9.18 Å². The molecule has 5 nitrogen and oxygen atoms in total. The first-order valence-corrected chi connectivity index (χ1v) is 7.54. The van der Waals surface area contributed by atoms with Crippen LogP contribution in [0.3, 0.4) is 0 Å². The van der Waals surface area contributed by atoms with Crippen molar-refractivity contribution in [2.75, 3.05) is 6.61 Å². The van der Waals surface area contributed by atoms with Crippen LogP contribution in [0.15, 0.2) is 48.8 Å². The molecule has 0 spiro atoms. The molecule has 0 fully saturated rings. The predicted octanol–water partition coefficient (Wildman–Crippen LogP) is 3.56. The molecule has 0 radical (unpaired) electrons. The van der Waals surface area contributed by atoms with E-state index in [4.69, 9.17) is 4.74 Å². The lowest BCUT2D eigenvalue weighted by molar-refractivity contribution is 0.0519. The van der Waals surface area contributed by atoms with Crippen LogP contribution >= 0.6 is 0 Å². The molecule has 3 aromatic rings. The molecular weight excluding hydrogens is 309 g/mol. The van der Waals surface area contributed by atoms with Gasteiger partial charge in [-0.2, -0.15) is 5.10 Å². The Hall–Kier alpha value is -3.02. The number of carbonyl (C=O) groups excluding carboxylic acids is 1. The monoisotopic (exact) mass is 325 g/mol. The van der Waals surface area contributed by atoms with Gasteiger partial charge in [-0.05, 0) is 49.7 Å². The number of esters is 1. The van der Waals surface area contributed by atoms with Crippen LogP contribution in [-0.4, -0.2) is 27.3 Å². The molecule has 6 heteroatoms. The van der Waals surface area contributed by atoms with Gasteiger partial charge < -0.3 is 4.74 Å². The smallest absolute Gasteiger partial charge is 0.358 e. The highest BCUT2D eigenvalue weighted by Gasteiger charge is 2.18. The third kappa shape index (κ3) is 3.03. The number of hydrogen-bond acceptors (Lipinski definition) is 4. The standard InChI is InChI=1S/C18H16FN3O2/c1-3-24-18(23)16-10-17(13-5-4-8-20-11-13)22(21-16)14-7-6-12(2)15(19)9-14/h4-11H,3H2,1-2H3. The first-order valence-electron chi connectivity index (χ1n) is 7.54. The van der Waals surface area contributed by atoms with Crippen molar-refractivity contribution in [1.29, 1.82) is 0 Å². The van der Waals surface area contributed by atoms with Crippen molar-refractivity contribution in [3.8, 4) is 16.9 Å². The van der Waals surface area contributed by atoms with Gasteiger partial charge in [0.1, 0.15) is 5.82 Å². The molecule has 0 aliphatic rings. The van der Waals surface area contributed by atoms with Crippen LogP contribution < -0.4 is 0 Å². The Labute approximate surface area is 138 Å². The first-order chi connectivity index (χ1) is 11.6. The van der Waals surface area contributed by atoms with Gasteiger partial charge in [-0.1, -0.05) is 6.07 Å². The zero-order chi connectivity index (χ0) is 17.1. The lowest BCUT2D eigenvalue weighted by Crippen LogP contribution is -2.07. The summed E-state index contributed by atoms with van der Waals surface area (Å²) in [5, 5.41) is 4.29. The molecule has 2 aromatic heterocycles. The van der Waals surface area contributed by atoms with Gasteiger partial charge in [0.05, 0.1) is 18.0 Å². The number of pyridine rings is 1. The van der Waals surface area contributed by atoms with E-state index in [2.05, 4.69) is 10.1 Å². The van der Waals surface area contributed by atoms with Gasteiger partial charge in [0.25, 0.3) is 0 Å². The van der Waals surface area contributed by atoms with Gasteiger partial charge in [0, 0.05) is 18.0 Å². The second-order valence-corrected chi connectivity index (χ2v) is 5.22. The van der Waals surface area contributed by atoms with Gasteiger partial charge >= 0.3 is 5.97 Å². The first kappa shape index (κ1) is 15.9. The van der Waals surface area contributed by atoms with Gasteiger partial charge in [0.15, 0.2) is 5.69 Å². The van der Waals surface area contributed by atoms with Crippen LogP contribution in [0.25, 0.3) is 16.9 Å². The summed E-state index contributed by atoms with van der Waals surface area (Å²) in [6.07, 6.45) is 3.31. The molecule has 0 saturated heterocycles. The quantitative estimate of drug-likeness (QED) is 0.688. The van der Waals surface area contributed by atoms with Crippen molar-refractivity contribution in [3.63, 3.8) is 0 Å². The van der Waals surface area contributed by atoms with E-state index in [-0.39, 0.29) is 18.1 Å². The molecular formula is C18H16FN3O2. The molecule has 0 aliphatic carbocycles. The highest BCUT2D eigenvalue weighted by atomic mass is 19.1. The summed E-state index contributed by atoms with van der Waals surface area (Å²) in [7, 11) is 0. The summed E-state index contributed by atoms with van der Waals surface area (Å²) < 4.78 is 20.5.